The number of aryl methyl sites for hydroxylation is 1. The molecule has 3 rings (SSSR count). The Morgan fingerprint density at radius 1 is 1.28 bits per heavy atom. The third kappa shape index (κ3) is 1.82. The van der Waals surface area contributed by atoms with Crippen LogP contribution in [0, 0.1) is 5.82 Å². The third-order valence-electron chi connectivity index (χ3n) is 4.38. The molecule has 1 fully saturated rings. The Morgan fingerprint density at radius 3 is 2.67 bits per heavy atom. The number of benzene rings is 1. The van der Waals surface area contributed by atoms with Crippen molar-refractivity contribution in [1.82, 2.24) is 0 Å². The van der Waals surface area contributed by atoms with Crippen molar-refractivity contribution in [3.05, 3.63) is 34.6 Å². The number of hydrogen-bond acceptors (Lipinski definition) is 1. The maximum Gasteiger partial charge on any atom is 0.304 e. The zero-order chi connectivity index (χ0) is 12.8. The smallest absolute Gasteiger partial charge is 0.304 e. The van der Waals surface area contributed by atoms with Crippen molar-refractivity contribution in [3.63, 3.8) is 0 Å². The van der Waals surface area contributed by atoms with E-state index in [1.54, 1.807) is 0 Å². The number of carboxylic acid groups (broad SMARTS) is 1. The molecule has 0 bridgehead atoms. The molecule has 0 saturated heterocycles. The van der Waals surface area contributed by atoms with Gasteiger partial charge in [-0.3, -0.25) is 4.79 Å². The summed E-state index contributed by atoms with van der Waals surface area (Å²) < 4.78 is 14.5. The van der Waals surface area contributed by atoms with Crippen LogP contribution in [-0.4, -0.2) is 11.1 Å². The lowest BCUT2D eigenvalue weighted by atomic mass is 9.84. The van der Waals surface area contributed by atoms with Gasteiger partial charge in [-0.2, -0.15) is 0 Å². The standard InChI is InChI=1S/C15H17FO2/c16-14-11-4-2-1-3-10(11)5-6-12(14)15(7-8-15)9-13(17)18/h5-6H,1-4,7-9H2,(H,17,18). The molecule has 1 saturated carbocycles. The average molecular weight is 248 g/mol. The zero-order valence-electron chi connectivity index (χ0n) is 10.3. The summed E-state index contributed by atoms with van der Waals surface area (Å²) in [6.07, 6.45) is 5.59. The van der Waals surface area contributed by atoms with Gasteiger partial charge in [0.25, 0.3) is 0 Å². The van der Waals surface area contributed by atoms with Crippen molar-refractivity contribution in [2.45, 2.75) is 50.4 Å². The molecule has 0 unspecified atom stereocenters. The molecule has 0 atom stereocenters. The van der Waals surface area contributed by atoms with Crippen LogP contribution in [0.3, 0.4) is 0 Å². The van der Waals surface area contributed by atoms with Crippen molar-refractivity contribution in [3.8, 4) is 0 Å². The van der Waals surface area contributed by atoms with Crippen LogP contribution < -0.4 is 0 Å². The summed E-state index contributed by atoms with van der Waals surface area (Å²) in [6, 6.07) is 3.84. The predicted octanol–water partition coefficient (Wildman–Crippen LogP) is 3.21. The second-order valence-electron chi connectivity index (χ2n) is 5.62. The molecule has 2 aliphatic rings. The van der Waals surface area contributed by atoms with Crippen LogP contribution in [0.2, 0.25) is 0 Å². The van der Waals surface area contributed by atoms with E-state index >= 15 is 0 Å². The highest BCUT2D eigenvalue weighted by molar-refractivity contribution is 5.70. The first kappa shape index (κ1) is 11.7. The quantitative estimate of drug-likeness (QED) is 0.891. The van der Waals surface area contributed by atoms with Crippen molar-refractivity contribution in [2.75, 3.05) is 0 Å². The van der Waals surface area contributed by atoms with E-state index in [9.17, 15) is 9.18 Å². The van der Waals surface area contributed by atoms with Gasteiger partial charge in [-0.25, -0.2) is 4.39 Å². The molecule has 1 N–H and O–H groups in total. The summed E-state index contributed by atoms with van der Waals surface area (Å²) in [5.74, 6) is -0.949. The van der Waals surface area contributed by atoms with Gasteiger partial charge in [0, 0.05) is 5.41 Å². The fourth-order valence-corrected chi connectivity index (χ4v) is 3.17. The Kier molecular flexibility index (Phi) is 2.65. The summed E-state index contributed by atoms with van der Waals surface area (Å²) in [6.45, 7) is 0. The van der Waals surface area contributed by atoms with Gasteiger partial charge in [0.15, 0.2) is 0 Å². The highest BCUT2D eigenvalue weighted by Gasteiger charge is 2.48. The molecule has 1 aromatic rings. The van der Waals surface area contributed by atoms with E-state index in [0.717, 1.165) is 49.7 Å². The third-order valence-corrected chi connectivity index (χ3v) is 4.38. The molecule has 1 aromatic carbocycles. The van der Waals surface area contributed by atoms with E-state index in [0.29, 0.717) is 5.56 Å². The van der Waals surface area contributed by atoms with Gasteiger partial charge in [-0.1, -0.05) is 12.1 Å². The van der Waals surface area contributed by atoms with Crippen LogP contribution in [0.25, 0.3) is 0 Å². The first-order chi connectivity index (χ1) is 8.62. The van der Waals surface area contributed by atoms with E-state index in [2.05, 4.69) is 0 Å². The number of halogens is 1. The lowest BCUT2D eigenvalue weighted by molar-refractivity contribution is -0.137. The van der Waals surface area contributed by atoms with E-state index in [1.807, 2.05) is 12.1 Å². The fourth-order valence-electron chi connectivity index (χ4n) is 3.17. The summed E-state index contributed by atoms with van der Waals surface area (Å²) in [5, 5.41) is 8.96. The summed E-state index contributed by atoms with van der Waals surface area (Å²) in [4.78, 5) is 10.9. The molecule has 0 radical (unpaired) electrons. The van der Waals surface area contributed by atoms with E-state index in [1.165, 1.54) is 0 Å². The van der Waals surface area contributed by atoms with Gasteiger partial charge < -0.3 is 5.11 Å². The lowest BCUT2D eigenvalue weighted by Gasteiger charge is -2.21. The highest BCUT2D eigenvalue weighted by atomic mass is 19.1. The number of rotatable bonds is 3. The van der Waals surface area contributed by atoms with Crippen molar-refractivity contribution in [1.29, 1.82) is 0 Å². The van der Waals surface area contributed by atoms with Gasteiger partial charge in [-0.05, 0) is 55.2 Å². The molecule has 0 aromatic heterocycles. The minimum Gasteiger partial charge on any atom is -0.481 e. The zero-order valence-corrected chi connectivity index (χ0v) is 10.3. The molecule has 0 heterocycles. The molecule has 2 aliphatic carbocycles. The summed E-state index contributed by atoms with van der Waals surface area (Å²) >= 11 is 0. The van der Waals surface area contributed by atoms with Gasteiger partial charge in [-0.15, -0.1) is 0 Å². The van der Waals surface area contributed by atoms with Crippen LogP contribution in [0.4, 0.5) is 4.39 Å². The second kappa shape index (κ2) is 4.08. The summed E-state index contributed by atoms with van der Waals surface area (Å²) in [7, 11) is 0. The Hall–Kier alpha value is -1.38. The van der Waals surface area contributed by atoms with E-state index in [-0.39, 0.29) is 12.2 Å². The predicted molar refractivity (Wildman–Crippen MR) is 66.2 cm³/mol. The van der Waals surface area contributed by atoms with Crippen LogP contribution in [-0.2, 0) is 23.1 Å². The largest absolute Gasteiger partial charge is 0.481 e. The van der Waals surface area contributed by atoms with Gasteiger partial charge in [0.2, 0.25) is 0 Å². The lowest BCUT2D eigenvalue weighted by Crippen LogP contribution is -2.17. The number of aliphatic carboxylic acids is 1. The summed E-state index contributed by atoms with van der Waals surface area (Å²) in [5.41, 5.74) is 2.19. The maximum absolute atomic E-state index is 14.5. The van der Waals surface area contributed by atoms with Gasteiger partial charge >= 0.3 is 5.97 Å². The Bertz CT molecular complexity index is 503. The molecule has 2 nitrogen and oxygen atoms in total. The SMILES string of the molecule is O=C(O)CC1(c2ccc3c(c2F)CCCC3)CC1. The van der Waals surface area contributed by atoms with Gasteiger partial charge in [0.1, 0.15) is 5.82 Å². The fraction of sp³-hybridized carbons (Fsp3) is 0.533. The minimum absolute atomic E-state index is 0.0582. The van der Waals surface area contributed by atoms with Gasteiger partial charge in [0.05, 0.1) is 6.42 Å². The van der Waals surface area contributed by atoms with Crippen molar-refractivity contribution >= 4 is 5.97 Å². The topological polar surface area (TPSA) is 37.3 Å². The first-order valence-corrected chi connectivity index (χ1v) is 6.65. The molecule has 96 valence electrons. The molecule has 0 spiro atoms. The Balaban J connectivity index is 2.01. The molecule has 0 amide bonds. The number of fused-ring (bicyclic) bond motifs is 1. The highest BCUT2D eigenvalue weighted by Crippen LogP contribution is 2.52. The molecular weight excluding hydrogens is 231 g/mol. The molecular formula is C15H17FO2. The van der Waals surface area contributed by atoms with Crippen molar-refractivity contribution in [2.24, 2.45) is 0 Å². The van der Waals surface area contributed by atoms with E-state index in [4.69, 9.17) is 5.11 Å². The second-order valence-corrected chi connectivity index (χ2v) is 5.62. The van der Waals surface area contributed by atoms with Crippen LogP contribution in [0.5, 0.6) is 0 Å². The van der Waals surface area contributed by atoms with Crippen LogP contribution >= 0.6 is 0 Å². The molecule has 3 heteroatoms. The first-order valence-electron chi connectivity index (χ1n) is 6.65. The number of hydrogen-bond donors (Lipinski definition) is 1. The molecule has 18 heavy (non-hydrogen) atoms. The minimum atomic E-state index is -0.829. The monoisotopic (exact) mass is 248 g/mol. The van der Waals surface area contributed by atoms with E-state index < -0.39 is 11.4 Å². The van der Waals surface area contributed by atoms with Crippen molar-refractivity contribution < 1.29 is 14.3 Å². The Labute approximate surface area is 106 Å². The van der Waals surface area contributed by atoms with Crippen LogP contribution in [0.1, 0.15) is 48.8 Å². The number of carboxylic acids is 1. The number of carbonyl (C=O) groups is 1. The molecule has 0 aliphatic heterocycles. The average Bonchev–Trinajstić information content (AvgIpc) is 3.09. The maximum atomic E-state index is 14.5. The Morgan fingerprint density at radius 2 is 2.00 bits per heavy atom. The normalized spacial score (nSPS) is 20.3. The van der Waals surface area contributed by atoms with Crippen LogP contribution in [0.15, 0.2) is 12.1 Å².